The van der Waals surface area contributed by atoms with Crippen LogP contribution in [0.4, 0.5) is 0 Å². The van der Waals surface area contributed by atoms with E-state index in [0.717, 1.165) is 24.9 Å². The summed E-state index contributed by atoms with van der Waals surface area (Å²) in [6, 6.07) is 0. The zero-order chi connectivity index (χ0) is 11.2. The highest BCUT2D eigenvalue weighted by Gasteiger charge is 2.14. The molecule has 1 aromatic heterocycles. The van der Waals surface area contributed by atoms with Crippen molar-refractivity contribution in [2.24, 2.45) is 0 Å². The van der Waals surface area contributed by atoms with Crippen LogP contribution in [0.5, 0.6) is 0 Å². The standard InChI is InChI=1S/C12H21N3S/c1-2-6-15-7-5-14-12(15)10-13-9-11-4-3-8-16-11/h5,7,11,13H,2-4,6,8-10H2,1H3. The molecule has 1 saturated heterocycles. The maximum Gasteiger partial charge on any atom is 0.122 e. The zero-order valence-electron chi connectivity index (χ0n) is 9.98. The Kier molecular flexibility index (Phi) is 4.72. The van der Waals surface area contributed by atoms with E-state index < -0.39 is 0 Å². The molecule has 0 aromatic carbocycles. The molecule has 1 atom stereocenters. The van der Waals surface area contributed by atoms with E-state index in [1.807, 2.05) is 6.20 Å². The lowest BCUT2D eigenvalue weighted by molar-refractivity contribution is 0.578. The summed E-state index contributed by atoms with van der Waals surface area (Å²) in [6.07, 6.45) is 7.91. The van der Waals surface area contributed by atoms with Crippen LogP contribution in [-0.2, 0) is 13.1 Å². The van der Waals surface area contributed by atoms with Gasteiger partial charge in [0.2, 0.25) is 0 Å². The number of aryl methyl sites for hydroxylation is 1. The molecule has 0 bridgehead atoms. The number of hydrogen-bond acceptors (Lipinski definition) is 3. The fourth-order valence-electron chi connectivity index (χ4n) is 2.10. The van der Waals surface area contributed by atoms with E-state index >= 15 is 0 Å². The van der Waals surface area contributed by atoms with E-state index in [1.54, 1.807) is 0 Å². The Morgan fingerprint density at radius 2 is 2.56 bits per heavy atom. The average molecular weight is 239 g/mol. The topological polar surface area (TPSA) is 29.9 Å². The number of hydrogen-bond donors (Lipinski definition) is 1. The maximum atomic E-state index is 4.39. The molecule has 0 amide bonds. The second-order valence-corrected chi connectivity index (χ2v) is 5.71. The quantitative estimate of drug-likeness (QED) is 0.826. The van der Waals surface area contributed by atoms with Crippen molar-refractivity contribution in [1.29, 1.82) is 0 Å². The summed E-state index contributed by atoms with van der Waals surface area (Å²) in [5, 5.41) is 4.35. The smallest absolute Gasteiger partial charge is 0.122 e. The molecule has 2 heterocycles. The lowest BCUT2D eigenvalue weighted by Gasteiger charge is -2.11. The van der Waals surface area contributed by atoms with Crippen LogP contribution in [0.3, 0.4) is 0 Å². The van der Waals surface area contributed by atoms with Gasteiger partial charge >= 0.3 is 0 Å². The molecule has 0 saturated carbocycles. The van der Waals surface area contributed by atoms with E-state index in [0.29, 0.717) is 0 Å². The summed E-state index contributed by atoms with van der Waals surface area (Å²) in [4.78, 5) is 4.39. The number of thioether (sulfide) groups is 1. The van der Waals surface area contributed by atoms with Gasteiger partial charge in [-0.25, -0.2) is 4.98 Å². The van der Waals surface area contributed by atoms with E-state index in [-0.39, 0.29) is 0 Å². The van der Waals surface area contributed by atoms with Gasteiger partial charge in [-0.2, -0.15) is 11.8 Å². The van der Waals surface area contributed by atoms with Gasteiger partial charge in [0.15, 0.2) is 0 Å². The van der Waals surface area contributed by atoms with Crippen LogP contribution < -0.4 is 5.32 Å². The fraction of sp³-hybridized carbons (Fsp3) is 0.750. The largest absolute Gasteiger partial charge is 0.334 e. The molecule has 3 nitrogen and oxygen atoms in total. The van der Waals surface area contributed by atoms with Crippen molar-refractivity contribution in [2.75, 3.05) is 12.3 Å². The van der Waals surface area contributed by atoms with Crippen LogP contribution >= 0.6 is 11.8 Å². The van der Waals surface area contributed by atoms with Crippen LogP contribution in [0, 0.1) is 0 Å². The van der Waals surface area contributed by atoms with Gasteiger partial charge in [0.25, 0.3) is 0 Å². The Labute approximate surface area is 102 Å². The minimum absolute atomic E-state index is 0.828. The van der Waals surface area contributed by atoms with Crippen molar-refractivity contribution in [1.82, 2.24) is 14.9 Å². The molecule has 0 spiro atoms. The molecular weight excluding hydrogens is 218 g/mol. The Hall–Kier alpha value is -0.480. The third-order valence-electron chi connectivity index (χ3n) is 2.95. The van der Waals surface area contributed by atoms with Crippen molar-refractivity contribution in [2.45, 2.75) is 44.5 Å². The summed E-state index contributed by atoms with van der Waals surface area (Å²) in [7, 11) is 0. The second kappa shape index (κ2) is 6.30. The predicted molar refractivity (Wildman–Crippen MR) is 69.7 cm³/mol. The van der Waals surface area contributed by atoms with Gasteiger partial charge in [0.1, 0.15) is 5.82 Å². The van der Waals surface area contributed by atoms with Gasteiger partial charge < -0.3 is 9.88 Å². The number of rotatable bonds is 6. The minimum atomic E-state index is 0.828. The number of imidazole rings is 1. The number of nitrogens with one attached hydrogen (secondary N) is 1. The van der Waals surface area contributed by atoms with Crippen molar-refractivity contribution in [3.8, 4) is 0 Å². The molecular formula is C12H21N3S. The van der Waals surface area contributed by atoms with Crippen LogP contribution in [0.2, 0.25) is 0 Å². The molecule has 1 fully saturated rings. The molecule has 4 heteroatoms. The van der Waals surface area contributed by atoms with E-state index in [4.69, 9.17) is 0 Å². The lowest BCUT2D eigenvalue weighted by atomic mass is 10.2. The Morgan fingerprint density at radius 1 is 1.62 bits per heavy atom. The van der Waals surface area contributed by atoms with E-state index in [9.17, 15) is 0 Å². The normalized spacial score (nSPS) is 20.4. The minimum Gasteiger partial charge on any atom is -0.334 e. The Morgan fingerprint density at radius 3 is 3.31 bits per heavy atom. The van der Waals surface area contributed by atoms with Crippen molar-refractivity contribution < 1.29 is 0 Å². The Balaban J connectivity index is 1.73. The van der Waals surface area contributed by atoms with Gasteiger partial charge in [-0.05, 0) is 25.0 Å². The van der Waals surface area contributed by atoms with Crippen LogP contribution in [0.25, 0.3) is 0 Å². The summed E-state index contributed by atoms with van der Waals surface area (Å²) in [6.45, 7) is 5.31. The van der Waals surface area contributed by atoms with Gasteiger partial charge in [-0.15, -0.1) is 0 Å². The molecule has 1 aliphatic heterocycles. The number of nitrogens with zero attached hydrogens (tertiary/aromatic N) is 2. The predicted octanol–water partition coefficient (Wildman–Crippen LogP) is 2.28. The SMILES string of the molecule is CCCn1ccnc1CNCC1CCCS1. The number of aromatic nitrogens is 2. The van der Waals surface area contributed by atoms with Crippen molar-refractivity contribution in [3.05, 3.63) is 18.2 Å². The van der Waals surface area contributed by atoms with E-state index in [1.165, 1.54) is 30.8 Å². The summed E-state index contributed by atoms with van der Waals surface area (Å²) in [5.74, 6) is 2.52. The van der Waals surface area contributed by atoms with Crippen LogP contribution in [0.1, 0.15) is 32.0 Å². The third kappa shape index (κ3) is 3.25. The lowest BCUT2D eigenvalue weighted by Crippen LogP contribution is -2.24. The van der Waals surface area contributed by atoms with Crippen LogP contribution in [-0.4, -0.2) is 27.1 Å². The summed E-state index contributed by atoms with van der Waals surface area (Å²) < 4.78 is 2.24. The molecule has 1 unspecified atom stereocenters. The summed E-state index contributed by atoms with van der Waals surface area (Å²) >= 11 is 2.10. The monoisotopic (exact) mass is 239 g/mol. The molecule has 0 aliphatic carbocycles. The van der Waals surface area contributed by atoms with Crippen molar-refractivity contribution in [3.63, 3.8) is 0 Å². The first-order valence-corrected chi connectivity index (χ1v) is 7.27. The first-order valence-electron chi connectivity index (χ1n) is 6.22. The average Bonchev–Trinajstić information content (AvgIpc) is 2.91. The molecule has 1 aliphatic rings. The highest BCUT2D eigenvalue weighted by molar-refractivity contribution is 8.00. The summed E-state index contributed by atoms with van der Waals surface area (Å²) in [5.41, 5.74) is 0. The first-order chi connectivity index (χ1) is 7.90. The zero-order valence-corrected chi connectivity index (χ0v) is 10.8. The van der Waals surface area contributed by atoms with Gasteiger partial charge in [0, 0.05) is 30.7 Å². The molecule has 0 radical (unpaired) electrons. The third-order valence-corrected chi connectivity index (χ3v) is 4.34. The highest BCUT2D eigenvalue weighted by Crippen LogP contribution is 2.25. The molecule has 16 heavy (non-hydrogen) atoms. The van der Waals surface area contributed by atoms with Crippen molar-refractivity contribution >= 4 is 11.8 Å². The first kappa shape index (κ1) is 12.0. The molecule has 90 valence electrons. The van der Waals surface area contributed by atoms with E-state index in [2.05, 4.69) is 39.8 Å². The van der Waals surface area contributed by atoms with Gasteiger partial charge in [-0.3, -0.25) is 0 Å². The van der Waals surface area contributed by atoms with Crippen LogP contribution in [0.15, 0.2) is 12.4 Å². The fourth-order valence-corrected chi connectivity index (χ4v) is 3.34. The molecule has 1 aromatic rings. The second-order valence-electron chi connectivity index (χ2n) is 4.30. The maximum absolute atomic E-state index is 4.39. The van der Waals surface area contributed by atoms with Gasteiger partial charge in [0.05, 0.1) is 6.54 Å². The molecule has 2 rings (SSSR count). The molecule has 1 N–H and O–H groups in total. The Bertz CT molecular complexity index is 305. The highest BCUT2D eigenvalue weighted by atomic mass is 32.2. The van der Waals surface area contributed by atoms with Gasteiger partial charge in [-0.1, -0.05) is 6.92 Å².